The van der Waals surface area contributed by atoms with Crippen molar-refractivity contribution in [3.8, 4) is 11.5 Å². The van der Waals surface area contributed by atoms with Crippen LogP contribution in [0.5, 0.6) is 11.5 Å². The molecule has 11 heteroatoms. The number of methoxy groups -OCH3 is 2. The molecule has 1 aliphatic heterocycles. The number of ether oxygens (including phenoxy) is 3. The van der Waals surface area contributed by atoms with Crippen molar-refractivity contribution >= 4 is 39.2 Å². The number of sulfonamides is 1. The number of rotatable bonds is 9. The van der Waals surface area contributed by atoms with Gasteiger partial charge in [0.15, 0.2) is 0 Å². The number of halogens is 1. The van der Waals surface area contributed by atoms with Gasteiger partial charge in [-0.2, -0.15) is 0 Å². The van der Waals surface area contributed by atoms with Gasteiger partial charge >= 0.3 is 5.97 Å². The molecular formula is C36H36FN3O6S. The van der Waals surface area contributed by atoms with Gasteiger partial charge in [0, 0.05) is 17.2 Å². The number of nitrogens with zero attached hydrogens (tertiary/aromatic N) is 2. The van der Waals surface area contributed by atoms with E-state index in [0.29, 0.717) is 45.0 Å². The van der Waals surface area contributed by atoms with Gasteiger partial charge in [0.2, 0.25) is 0 Å². The number of carbonyl (C=O) groups is 1. The minimum atomic E-state index is -4.11. The van der Waals surface area contributed by atoms with Gasteiger partial charge < -0.3 is 19.9 Å². The lowest BCUT2D eigenvalue weighted by molar-refractivity contribution is 0.0600. The monoisotopic (exact) mass is 657 g/mol. The Balaban J connectivity index is 1.51. The first-order chi connectivity index (χ1) is 22.4. The number of carbonyl (C=O) groups excluding carboxylic acids is 1. The molecule has 0 saturated heterocycles. The molecule has 4 aromatic carbocycles. The zero-order valence-corrected chi connectivity index (χ0v) is 27.6. The number of aliphatic imine (C=N–C) groups is 1. The molecule has 0 spiro atoms. The second-order valence-corrected chi connectivity index (χ2v) is 13.1. The lowest BCUT2D eigenvalue weighted by Gasteiger charge is -2.35. The largest absolute Gasteiger partial charge is 0.496 e. The van der Waals surface area contributed by atoms with Crippen molar-refractivity contribution in [3.05, 3.63) is 118 Å². The number of amidine groups is 1. The third-order valence-corrected chi connectivity index (χ3v) is 9.72. The summed E-state index contributed by atoms with van der Waals surface area (Å²) in [7, 11) is -1.31. The van der Waals surface area contributed by atoms with Crippen LogP contribution >= 0.6 is 0 Å². The highest BCUT2D eigenvalue weighted by Gasteiger charge is 2.35. The molecule has 1 aliphatic rings. The fourth-order valence-corrected chi connectivity index (χ4v) is 6.98. The van der Waals surface area contributed by atoms with Gasteiger partial charge in [-0.25, -0.2) is 17.6 Å². The van der Waals surface area contributed by atoms with Gasteiger partial charge in [-0.05, 0) is 79.4 Å². The number of benzene rings is 4. The first-order valence-corrected chi connectivity index (χ1v) is 16.3. The standard InChI is InChI=1S/C36H36FN3O6S/c1-22-9-15-29(19-33(22)44-4)47(42,43)40-21-28(20-39-35(38)26-11-13-27(14-12-26)36(41)45-5)46-32-16-10-25(18-31(32)40)17-24(3)34-23(2)7-6-8-30(34)37/h6-19,28H,20-21H2,1-5H3,(H2,38,39)/b24-17+. The Morgan fingerprint density at radius 1 is 1.02 bits per heavy atom. The molecule has 244 valence electrons. The van der Waals surface area contributed by atoms with Crippen LogP contribution < -0.4 is 19.5 Å². The number of aryl methyl sites for hydroxylation is 2. The molecule has 1 heterocycles. The molecule has 2 N–H and O–H groups in total. The average molecular weight is 658 g/mol. The van der Waals surface area contributed by atoms with Crippen molar-refractivity contribution in [1.29, 1.82) is 0 Å². The number of allylic oxidation sites excluding steroid dienone is 1. The molecule has 0 bridgehead atoms. The number of hydrogen-bond donors (Lipinski definition) is 1. The highest BCUT2D eigenvalue weighted by Crippen LogP contribution is 2.39. The van der Waals surface area contributed by atoms with E-state index in [9.17, 15) is 17.6 Å². The fourth-order valence-electron chi connectivity index (χ4n) is 5.47. The van der Waals surface area contributed by atoms with Crippen molar-refractivity contribution in [2.75, 3.05) is 31.6 Å². The van der Waals surface area contributed by atoms with Crippen LogP contribution in [0.3, 0.4) is 0 Å². The smallest absolute Gasteiger partial charge is 0.337 e. The molecule has 0 saturated carbocycles. The van der Waals surface area contributed by atoms with E-state index in [1.54, 1.807) is 60.7 Å². The molecular weight excluding hydrogens is 621 g/mol. The number of fused-ring (bicyclic) bond motifs is 1. The second-order valence-electron chi connectivity index (χ2n) is 11.2. The quantitative estimate of drug-likeness (QED) is 0.0991. The van der Waals surface area contributed by atoms with Crippen LogP contribution in [0.2, 0.25) is 0 Å². The maximum atomic E-state index is 14.7. The Labute approximate surface area is 274 Å². The second kappa shape index (κ2) is 13.7. The molecule has 0 aromatic heterocycles. The van der Waals surface area contributed by atoms with E-state index in [-0.39, 0.29) is 29.6 Å². The Morgan fingerprint density at radius 3 is 2.43 bits per heavy atom. The average Bonchev–Trinajstić information content (AvgIpc) is 3.06. The number of esters is 1. The summed E-state index contributed by atoms with van der Waals surface area (Å²) in [4.78, 5) is 16.3. The summed E-state index contributed by atoms with van der Waals surface area (Å²) in [6, 6.07) is 21.3. The van der Waals surface area contributed by atoms with E-state index in [4.69, 9.17) is 19.9 Å². The Hall–Kier alpha value is -5.16. The number of nitrogens with two attached hydrogens (primary N) is 1. The van der Waals surface area contributed by atoms with E-state index >= 15 is 0 Å². The van der Waals surface area contributed by atoms with E-state index in [1.165, 1.54) is 30.7 Å². The van der Waals surface area contributed by atoms with Gasteiger partial charge in [-0.15, -0.1) is 0 Å². The lowest BCUT2D eigenvalue weighted by Crippen LogP contribution is -2.45. The summed E-state index contributed by atoms with van der Waals surface area (Å²) in [6.07, 6.45) is 1.13. The van der Waals surface area contributed by atoms with Crippen LogP contribution in [0.15, 0.2) is 88.8 Å². The van der Waals surface area contributed by atoms with Crippen LogP contribution in [-0.4, -0.2) is 53.6 Å². The highest BCUT2D eigenvalue weighted by atomic mass is 32.2. The van der Waals surface area contributed by atoms with Crippen molar-refractivity contribution < 1.29 is 31.8 Å². The molecule has 0 radical (unpaired) electrons. The van der Waals surface area contributed by atoms with Crippen LogP contribution in [-0.2, 0) is 14.8 Å². The lowest BCUT2D eigenvalue weighted by atomic mass is 9.99. The summed E-state index contributed by atoms with van der Waals surface area (Å²) in [5, 5.41) is 0. The molecule has 9 nitrogen and oxygen atoms in total. The molecule has 47 heavy (non-hydrogen) atoms. The van der Waals surface area contributed by atoms with Crippen molar-refractivity contribution in [2.45, 2.75) is 31.8 Å². The Bertz CT molecular complexity index is 1970. The first-order valence-electron chi connectivity index (χ1n) is 14.8. The van der Waals surface area contributed by atoms with Gasteiger partial charge in [0.05, 0.1) is 43.5 Å². The summed E-state index contributed by atoms with van der Waals surface area (Å²) in [5.74, 6) is 0.189. The van der Waals surface area contributed by atoms with Crippen molar-refractivity contribution in [3.63, 3.8) is 0 Å². The van der Waals surface area contributed by atoms with E-state index in [0.717, 1.165) is 11.1 Å². The van der Waals surface area contributed by atoms with Gasteiger partial charge in [0.25, 0.3) is 10.0 Å². The van der Waals surface area contributed by atoms with Gasteiger partial charge in [-0.1, -0.05) is 42.5 Å². The van der Waals surface area contributed by atoms with Crippen LogP contribution in [0, 0.1) is 19.7 Å². The minimum Gasteiger partial charge on any atom is -0.496 e. The zero-order valence-electron chi connectivity index (χ0n) is 26.8. The molecule has 0 aliphatic carbocycles. The molecule has 1 atom stereocenters. The topological polar surface area (TPSA) is 121 Å². The van der Waals surface area contributed by atoms with Crippen LogP contribution in [0.25, 0.3) is 11.6 Å². The third kappa shape index (κ3) is 7.00. The first kappa shape index (κ1) is 33.2. The number of hydrogen-bond acceptors (Lipinski definition) is 7. The maximum absolute atomic E-state index is 14.7. The van der Waals surface area contributed by atoms with Crippen molar-refractivity contribution in [2.24, 2.45) is 10.7 Å². The predicted octanol–water partition coefficient (Wildman–Crippen LogP) is 6.16. The minimum absolute atomic E-state index is 0.0534. The fraction of sp³-hybridized carbons (Fsp3) is 0.222. The van der Waals surface area contributed by atoms with E-state index in [1.807, 2.05) is 32.9 Å². The molecule has 4 aromatic rings. The highest BCUT2D eigenvalue weighted by molar-refractivity contribution is 7.92. The summed E-state index contributed by atoms with van der Waals surface area (Å²) >= 11 is 0. The summed E-state index contributed by atoms with van der Waals surface area (Å²) in [6.45, 7) is 5.49. The van der Waals surface area contributed by atoms with Crippen molar-refractivity contribution in [1.82, 2.24) is 0 Å². The molecule has 1 unspecified atom stereocenters. The van der Waals surface area contributed by atoms with Gasteiger partial charge in [-0.3, -0.25) is 9.30 Å². The molecule has 5 rings (SSSR count). The van der Waals surface area contributed by atoms with Crippen LogP contribution in [0.4, 0.5) is 10.1 Å². The maximum Gasteiger partial charge on any atom is 0.337 e. The molecule has 0 amide bonds. The van der Waals surface area contributed by atoms with Gasteiger partial charge in [0.1, 0.15) is 29.3 Å². The summed E-state index contributed by atoms with van der Waals surface area (Å²) in [5.41, 5.74) is 11.0. The van der Waals surface area contributed by atoms with Crippen LogP contribution in [0.1, 0.15) is 45.1 Å². The zero-order chi connectivity index (χ0) is 33.9. The predicted molar refractivity (Wildman–Crippen MR) is 181 cm³/mol. The normalized spacial score (nSPS) is 15.1. The SMILES string of the molecule is COC(=O)c1ccc(C(N)=NCC2CN(S(=O)(=O)c3ccc(C)c(OC)c3)c3cc(/C=C(\C)c4c(C)cccc4F)ccc3O2)cc1. The third-order valence-electron chi connectivity index (χ3n) is 7.95. The number of anilines is 1. The Kier molecular flexibility index (Phi) is 9.67. The van der Waals surface area contributed by atoms with E-state index < -0.39 is 22.1 Å². The molecule has 0 fully saturated rings. The Morgan fingerprint density at radius 2 is 1.74 bits per heavy atom. The van der Waals surface area contributed by atoms with E-state index in [2.05, 4.69) is 4.99 Å². The summed E-state index contributed by atoms with van der Waals surface area (Å²) < 4.78 is 60.9.